The number of nitrogens with two attached hydrogens (primary N) is 1. The topological polar surface area (TPSA) is 134 Å². The Hall–Kier alpha value is -0.990. The van der Waals surface area contributed by atoms with E-state index in [9.17, 15) is 19.0 Å². The van der Waals surface area contributed by atoms with E-state index in [4.69, 9.17) is 24.3 Å². The highest BCUT2D eigenvalue weighted by Crippen LogP contribution is 2.43. The Morgan fingerprint density at radius 3 is 1.65 bits per heavy atom. The molecule has 0 amide bonds. The van der Waals surface area contributed by atoms with Crippen molar-refractivity contribution in [1.82, 2.24) is 0 Å². The lowest BCUT2D eigenvalue weighted by Gasteiger charge is -2.19. The van der Waals surface area contributed by atoms with Crippen molar-refractivity contribution in [2.75, 3.05) is 26.4 Å². The van der Waals surface area contributed by atoms with Gasteiger partial charge in [-0.2, -0.15) is 0 Å². The summed E-state index contributed by atoms with van der Waals surface area (Å²) in [5.41, 5.74) is 5.28. The van der Waals surface area contributed by atoms with Crippen LogP contribution in [-0.2, 0) is 32.7 Å². The number of rotatable bonds is 27. The molecule has 0 rings (SSSR count). The maximum absolute atomic E-state index is 12.3. The molecule has 0 heterocycles. The zero-order valence-corrected chi connectivity index (χ0v) is 24.4. The first-order valence-corrected chi connectivity index (χ1v) is 16.0. The van der Waals surface area contributed by atoms with E-state index in [1.165, 1.54) is 57.8 Å². The highest BCUT2D eigenvalue weighted by atomic mass is 31.2. The Balaban J connectivity index is 4.35. The summed E-state index contributed by atoms with van der Waals surface area (Å²) >= 11 is 0. The van der Waals surface area contributed by atoms with Crippen molar-refractivity contribution in [3.05, 3.63) is 0 Å². The second-order valence-corrected chi connectivity index (χ2v) is 11.1. The van der Waals surface area contributed by atoms with Gasteiger partial charge < -0.3 is 20.1 Å². The minimum atomic E-state index is -4.34. The smallest absolute Gasteiger partial charge is 0.462 e. The number of ether oxygens (including phenoxy) is 2. The minimum Gasteiger partial charge on any atom is -0.462 e. The summed E-state index contributed by atoms with van der Waals surface area (Å²) in [6, 6.07) is 0. The van der Waals surface area contributed by atoms with Crippen molar-refractivity contribution in [2.24, 2.45) is 5.73 Å². The zero-order valence-electron chi connectivity index (χ0n) is 23.5. The lowest BCUT2D eigenvalue weighted by molar-refractivity contribution is -0.161. The van der Waals surface area contributed by atoms with Crippen molar-refractivity contribution >= 4 is 19.8 Å². The summed E-state index contributed by atoms with van der Waals surface area (Å²) in [4.78, 5) is 34.1. The Morgan fingerprint density at radius 2 is 1.16 bits per heavy atom. The Bertz CT molecular complexity index is 605. The number of phosphoric acid groups is 1. The van der Waals surface area contributed by atoms with E-state index in [0.29, 0.717) is 6.42 Å². The van der Waals surface area contributed by atoms with Gasteiger partial charge in [0.1, 0.15) is 6.61 Å². The molecule has 3 N–H and O–H groups in total. The fourth-order valence-electron chi connectivity index (χ4n) is 3.81. The second kappa shape index (κ2) is 25.3. The van der Waals surface area contributed by atoms with E-state index in [0.717, 1.165) is 38.5 Å². The van der Waals surface area contributed by atoms with Crippen molar-refractivity contribution < 1.29 is 37.6 Å². The predicted octanol–water partition coefficient (Wildman–Crippen LogP) is 6.60. The number of phosphoric ester groups is 1. The third-order valence-corrected chi connectivity index (χ3v) is 6.98. The van der Waals surface area contributed by atoms with Crippen molar-refractivity contribution in [2.45, 2.75) is 136 Å². The van der Waals surface area contributed by atoms with Gasteiger partial charge in [0.05, 0.1) is 13.2 Å². The summed E-state index contributed by atoms with van der Waals surface area (Å²) in [6.07, 6.45) is 17.4. The van der Waals surface area contributed by atoms with Crippen molar-refractivity contribution in [1.29, 1.82) is 0 Å². The quantitative estimate of drug-likeness (QED) is 0.0658. The largest absolute Gasteiger partial charge is 0.472 e. The third-order valence-electron chi connectivity index (χ3n) is 5.99. The molecule has 0 aromatic heterocycles. The van der Waals surface area contributed by atoms with Crippen LogP contribution in [0.25, 0.3) is 0 Å². The number of hydrogen-bond acceptors (Lipinski definition) is 8. The van der Waals surface area contributed by atoms with E-state index in [2.05, 4.69) is 13.8 Å². The van der Waals surface area contributed by atoms with Crippen LogP contribution in [0.3, 0.4) is 0 Å². The summed E-state index contributed by atoms with van der Waals surface area (Å²) < 4.78 is 32.2. The SMILES string of the molecule is CCCCCCCCCCCCC(=O)OC(COC(=O)CCCCCCCC)COP(=O)(O)OCCN. The van der Waals surface area contributed by atoms with Crippen LogP contribution >= 0.6 is 7.82 Å². The van der Waals surface area contributed by atoms with Crippen LogP contribution in [0.1, 0.15) is 129 Å². The molecule has 220 valence electrons. The highest BCUT2D eigenvalue weighted by Gasteiger charge is 2.25. The lowest BCUT2D eigenvalue weighted by atomic mass is 10.1. The molecule has 0 saturated carbocycles. The van der Waals surface area contributed by atoms with Gasteiger partial charge in [0.25, 0.3) is 0 Å². The normalized spacial score (nSPS) is 13.7. The summed E-state index contributed by atoms with van der Waals surface area (Å²) in [5.74, 6) is -0.839. The fraction of sp³-hybridized carbons (Fsp3) is 0.926. The van der Waals surface area contributed by atoms with Gasteiger partial charge in [-0.05, 0) is 12.8 Å². The molecule has 2 atom stereocenters. The van der Waals surface area contributed by atoms with Gasteiger partial charge in [0, 0.05) is 19.4 Å². The van der Waals surface area contributed by atoms with Crippen LogP contribution in [0.5, 0.6) is 0 Å². The molecule has 2 unspecified atom stereocenters. The monoisotopic (exact) mass is 551 g/mol. The number of esters is 2. The molecule has 37 heavy (non-hydrogen) atoms. The van der Waals surface area contributed by atoms with Crippen LogP contribution in [-0.4, -0.2) is 49.3 Å². The molecule has 0 aromatic rings. The Morgan fingerprint density at radius 1 is 0.703 bits per heavy atom. The van der Waals surface area contributed by atoms with E-state index in [-0.39, 0.29) is 32.6 Å². The van der Waals surface area contributed by atoms with Crippen LogP contribution in [0, 0.1) is 0 Å². The van der Waals surface area contributed by atoms with E-state index >= 15 is 0 Å². The van der Waals surface area contributed by atoms with E-state index in [1.54, 1.807) is 0 Å². The molecule has 10 heteroatoms. The van der Waals surface area contributed by atoms with Crippen LogP contribution in [0.15, 0.2) is 0 Å². The van der Waals surface area contributed by atoms with Gasteiger partial charge in [-0.1, -0.05) is 104 Å². The molecule has 0 fully saturated rings. The van der Waals surface area contributed by atoms with Crippen molar-refractivity contribution in [3.63, 3.8) is 0 Å². The van der Waals surface area contributed by atoms with E-state index < -0.39 is 32.5 Å². The maximum Gasteiger partial charge on any atom is 0.472 e. The molecule has 0 radical (unpaired) electrons. The van der Waals surface area contributed by atoms with Crippen LogP contribution < -0.4 is 5.73 Å². The number of carbonyl (C=O) groups excluding carboxylic acids is 2. The predicted molar refractivity (Wildman–Crippen MR) is 146 cm³/mol. The second-order valence-electron chi connectivity index (χ2n) is 9.63. The maximum atomic E-state index is 12.3. The molecular weight excluding hydrogens is 497 g/mol. The van der Waals surface area contributed by atoms with Crippen LogP contribution in [0.4, 0.5) is 0 Å². The molecule has 0 saturated heterocycles. The number of carbonyl (C=O) groups is 2. The molecule has 0 aromatic carbocycles. The minimum absolute atomic E-state index is 0.0568. The highest BCUT2D eigenvalue weighted by molar-refractivity contribution is 7.47. The Labute approximate surface area is 225 Å². The van der Waals surface area contributed by atoms with Crippen molar-refractivity contribution in [3.8, 4) is 0 Å². The Kier molecular flexibility index (Phi) is 24.6. The van der Waals surface area contributed by atoms with Gasteiger partial charge >= 0.3 is 19.8 Å². The summed E-state index contributed by atoms with van der Waals surface area (Å²) in [7, 11) is -4.34. The third kappa shape index (κ3) is 25.1. The number of unbranched alkanes of at least 4 members (excludes halogenated alkanes) is 14. The van der Waals surface area contributed by atoms with Gasteiger partial charge in [-0.3, -0.25) is 18.6 Å². The first kappa shape index (κ1) is 36.0. The van der Waals surface area contributed by atoms with Crippen LogP contribution in [0.2, 0.25) is 0 Å². The molecule has 0 aliphatic heterocycles. The zero-order chi connectivity index (χ0) is 27.6. The molecule has 0 bridgehead atoms. The van der Waals surface area contributed by atoms with Gasteiger partial charge in [-0.15, -0.1) is 0 Å². The van der Waals surface area contributed by atoms with Gasteiger partial charge in [0.15, 0.2) is 6.10 Å². The molecule has 0 spiro atoms. The molecular formula is C27H54NO8P. The standard InChI is InChI=1S/C27H54NO8P/c1-3-5-7-9-11-12-13-14-16-18-20-27(30)36-25(24-35-37(31,32)34-22-21-28)23-33-26(29)19-17-15-10-8-6-4-2/h25H,3-24,28H2,1-2H3,(H,31,32). The van der Waals surface area contributed by atoms with Gasteiger partial charge in [-0.25, -0.2) is 4.57 Å². The first-order valence-electron chi connectivity index (χ1n) is 14.5. The molecule has 9 nitrogen and oxygen atoms in total. The first-order chi connectivity index (χ1) is 17.8. The van der Waals surface area contributed by atoms with Gasteiger partial charge in [0.2, 0.25) is 0 Å². The number of hydrogen-bond donors (Lipinski definition) is 2. The fourth-order valence-corrected chi connectivity index (χ4v) is 4.57. The average Bonchev–Trinajstić information content (AvgIpc) is 2.87. The molecule has 0 aliphatic rings. The van der Waals surface area contributed by atoms with E-state index in [1.807, 2.05) is 0 Å². The molecule has 0 aliphatic carbocycles. The lowest BCUT2D eigenvalue weighted by Crippen LogP contribution is -2.29. The summed E-state index contributed by atoms with van der Waals surface area (Å²) in [5, 5.41) is 0. The summed E-state index contributed by atoms with van der Waals surface area (Å²) in [6.45, 7) is 3.61. The average molecular weight is 552 g/mol.